The van der Waals surface area contributed by atoms with Gasteiger partial charge < -0.3 is 26.1 Å². The number of aromatic amines is 1. The summed E-state index contributed by atoms with van der Waals surface area (Å²) >= 11 is 0. The van der Waals surface area contributed by atoms with E-state index in [4.69, 9.17) is 16.2 Å². The summed E-state index contributed by atoms with van der Waals surface area (Å²) in [6, 6.07) is 13.5. The third-order valence-corrected chi connectivity index (χ3v) is 5.31. The molecule has 1 amide bonds. The van der Waals surface area contributed by atoms with Gasteiger partial charge in [0.25, 0.3) is 0 Å². The molecule has 148 valence electrons. The number of hydrogen-bond acceptors (Lipinski definition) is 4. The molecule has 1 aromatic heterocycles. The Morgan fingerprint density at radius 1 is 1.14 bits per heavy atom. The molecule has 0 aliphatic carbocycles. The molecule has 0 unspecified atom stereocenters. The molecule has 0 spiro atoms. The number of amides is 1. The molecule has 0 saturated carbocycles. The molecule has 0 radical (unpaired) electrons. The highest BCUT2D eigenvalue weighted by Crippen LogP contribution is 2.30. The number of hydrogen-bond donors (Lipinski definition) is 3. The van der Waals surface area contributed by atoms with Crippen molar-refractivity contribution in [1.29, 1.82) is 0 Å². The van der Waals surface area contributed by atoms with E-state index in [1.165, 1.54) is 0 Å². The second kappa shape index (κ2) is 8.80. The fourth-order valence-corrected chi connectivity index (χ4v) is 3.74. The largest absolute Gasteiger partial charge is 0.494 e. The highest BCUT2D eigenvalue weighted by molar-refractivity contribution is 5.96. The number of carbonyl (C=O) groups is 1. The van der Waals surface area contributed by atoms with Crippen LogP contribution in [0.4, 0.5) is 5.69 Å². The van der Waals surface area contributed by atoms with E-state index in [0.29, 0.717) is 11.5 Å². The summed E-state index contributed by atoms with van der Waals surface area (Å²) in [7, 11) is 3.77. The van der Waals surface area contributed by atoms with Gasteiger partial charge in [-0.15, -0.1) is 0 Å². The lowest BCUT2D eigenvalue weighted by atomic mass is 9.86. The maximum atomic E-state index is 11.3. The molecule has 1 aliphatic heterocycles. The van der Waals surface area contributed by atoms with E-state index in [-0.39, 0.29) is 5.91 Å². The van der Waals surface area contributed by atoms with Crippen LogP contribution in [0.3, 0.4) is 0 Å². The highest BCUT2D eigenvalue weighted by Gasteiger charge is 2.21. The van der Waals surface area contributed by atoms with Crippen LogP contribution in [0, 0.1) is 0 Å². The number of rotatable bonds is 3. The molecular weight excluding hydrogens is 352 g/mol. The summed E-state index contributed by atoms with van der Waals surface area (Å²) in [5.74, 6) is 0.970. The molecule has 28 heavy (non-hydrogen) atoms. The number of primary amides is 1. The maximum Gasteiger partial charge on any atom is 0.248 e. The summed E-state index contributed by atoms with van der Waals surface area (Å²) < 4.78 is 5.14. The third-order valence-electron chi connectivity index (χ3n) is 5.31. The minimum atomic E-state index is -0.311. The number of ether oxygens (including phenoxy) is 1. The lowest BCUT2D eigenvalue weighted by Gasteiger charge is -2.29. The van der Waals surface area contributed by atoms with E-state index in [1.54, 1.807) is 13.3 Å². The lowest BCUT2D eigenvalue weighted by molar-refractivity contribution is 0.0998. The fraction of sp³-hybridized carbons (Fsp3) is 0.318. The van der Waals surface area contributed by atoms with Gasteiger partial charge in [-0.1, -0.05) is 24.3 Å². The number of nitrogen functional groups attached to an aromatic ring is 1. The van der Waals surface area contributed by atoms with Crippen molar-refractivity contribution < 1.29 is 9.53 Å². The Labute approximate surface area is 165 Å². The first-order valence-electron chi connectivity index (χ1n) is 9.48. The summed E-state index contributed by atoms with van der Waals surface area (Å²) in [5.41, 5.74) is 14.7. The zero-order chi connectivity index (χ0) is 20.1. The molecule has 1 saturated heterocycles. The van der Waals surface area contributed by atoms with E-state index >= 15 is 0 Å². The second-order valence-electron chi connectivity index (χ2n) is 7.16. The van der Waals surface area contributed by atoms with Crippen LogP contribution in [0.15, 0.2) is 48.7 Å². The molecule has 1 aliphatic rings. The van der Waals surface area contributed by atoms with Crippen molar-refractivity contribution in [2.45, 2.75) is 18.8 Å². The van der Waals surface area contributed by atoms with Gasteiger partial charge in [-0.05, 0) is 62.7 Å². The van der Waals surface area contributed by atoms with E-state index in [9.17, 15) is 4.79 Å². The van der Waals surface area contributed by atoms with E-state index in [0.717, 1.165) is 53.8 Å². The number of aromatic nitrogens is 1. The van der Waals surface area contributed by atoms with Gasteiger partial charge in [0, 0.05) is 17.4 Å². The molecule has 6 heteroatoms. The summed E-state index contributed by atoms with van der Waals surface area (Å²) in [6.45, 7) is 2.19. The number of H-pyrrole nitrogens is 1. The first kappa shape index (κ1) is 19.8. The molecule has 1 fully saturated rings. The number of piperidine rings is 1. The number of benzene rings is 2. The lowest BCUT2D eigenvalue weighted by Crippen LogP contribution is -2.30. The van der Waals surface area contributed by atoms with Crippen LogP contribution in [-0.2, 0) is 0 Å². The van der Waals surface area contributed by atoms with Crippen LogP contribution >= 0.6 is 0 Å². The molecule has 6 nitrogen and oxygen atoms in total. The Balaban J connectivity index is 0.000000167. The first-order valence-corrected chi connectivity index (χ1v) is 9.48. The SMILES string of the molecule is CN1CCC(c2ccccc2C(N)=O)CC1.COc1c[nH]c2cccc(N)c12. The van der Waals surface area contributed by atoms with Crippen LogP contribution in [0.5, 0.6) is 5.75 Å². The van der Waals surface area contributed by atoms with Crippen LogP contribution in [0.2, 0.25) is 0 Å². The molecule has 0 atom stereocenters. The number of fused-ring (bicyclic) bond motifs is 1. The topological polar surface area (TPSA) is 97.4 Å². The van der Waals surface area contributed by atoms with Crippen molar-refractivity contribution in [2.75, 3.05) is 33.0 Å². The molecule has 5 N–H and O–H groups in total. The van der Waals surface area contributed by atoms with Crippen LogP contribution < -0.4 is 16.2 Å². The quantitative estimate of drug-likeness (QED) is 0.607. The van der Waals surface area contributed by atoms with E-state index in [2.05, 4.69) is 16.9 Å². The first-order chi connectivity index (χ1) is 13.5. The molecule has 2 heterocycles. The minimum Gasteiger partial charge on any atom is -0.494 e. The van der Waals surface area contributed by atoms with Gasteiger partial charge in [0.05, 0.1) is 18.0 Å². The van der Waals surface area contributed by atoms with Gasteiger partial charge in [-0.25, -0.2) is 0 Å². The molecule has 3 aromatic rings. The zero-order valence-corrected chi connectivity index (χ0v) is 16.4. The second-order valence-corrected chi connectivity index (χ2v) is 7.16. The van der Waals surface area contributed by atoms with Crippen molar-refractivity contribution in [1.82, 2.24) is 9.88 Å². The predicted molar refractivity (Wildman–Crippen MR) is 114 cm³/mol. The number of nitrogens with zero attached hydrogens (tertiary/aromatic N) is 1. The number of anilines is 1. The Bertz CT molecular complexity index is 943. The average molecular weight is 380 g/mol. The van der Waals surface area contributed by atoms with E-state index < -0.39 is 0 Å². The number of likely N-dealkylation sites (tertiary alicyclic amines) is 1. The Kier molecular flexibility index (Phi) is 6.21. The molecular formula is C22H28N4O2. The number of carbonyl (C=O) groups excluding carboxylic acids is 1. The van der Waals surface area contributed by atoms with Gasteiger partial charge in [-0.3, -0.25) is 4.79 Å². The normalized spacial score (nSPS) is 15.1. The monoisotopic (exact) mass is 380 g/mol. The van der Waals surface area contributed by atoms with Crippen molar-refractivity contribution in [3.05, 3.63) is 59.8 Å². The van der Waals surface area contributed by atoms with Gasteiger partial charge in [0.1, 0.15) is 5.75 Å². The van der Waals surface area contributed by atoms with E-state index in [1.807, 2.05) is 42.5 Å². The summed E-state index contributed by atoms with van der Waals surface area (Å²) in [4.78, 5) is 16.7. The fourth-order valence-electron chi connectivity index (χ4n) is 3.74. The standard InChI is InChI=1S/C13H18N2O.C9H10N2O/c1-15-8-6-10(7-9-15)11-4-2-3-5-12(11)13(14)16;1-12-8-5-11-7-4-2-3-6(10)9(7)8/h2-5,10H,6-9H2,1H3,(H2,14,16);2-5,11H,10H2,1H3. The van der Waals surface area contributed by atoms with Gasteiger partial charge >= 0.3 is 0 Å². The average Bonchev–Trinajstić information content (AvgIpc) is 3.14. The van der Waals surface area contributed by atoms with Gasteiger partial charge in [0.2, 0.25) is 5.91 Å². The maximum absolute atomic E-state index is 11.3. The van der Waals surface area contributed by atoms with Gasteiger partial charge in [0.15, 0.2) is 0 Å². The predicted octanol–water partition coefficient (Wildman–Crippen LogP) is 3.35. The van der Waals surface area contributed by atoms with Crippen molar-refractivity contribution in [2.24, 2.45) is 5.73 Å². The summed E-state index contributed by atoms with van der Waals surface area (Å²) in [6.07, 6.45) is 4.03. The van der Waals surface area contributed by atoms with Crippen LogP contribution in [0.1, 0.15) is 34.7 Å². The van der Waals surface area contributed by atoms with Crippen molar-refractivity contribution in [3.63, 3.8) is 0 Å². The van der Waals surface area contributed by atoms with Gasteiger partial charge in [-0.2, -0.15) is 0 Å². The third kappa shape index (κ3) is 4.28. The highest BCUT2D eigenvalue weighted by atomic mass is 16.5. The number of nitrogens with one attached hydrogen (secondary N) is 1. The van der Waals surface area contributed by atoms with Crippen LogP contribution in [-0.4, -0.2) is 43.0 Å². The Hall–Kier alpha value is -2.99. The van der Waals surface area contributed by atoms with Crippen molar-refractivity contribution >= 4 is 22.5 Å². The minimum absolute atomic E-state index is 0.311. The number of methoxy groups -OCH3 is 1. The molecule has 2 aromatic carbocycles. The Morgan fingerprint density at radius 3 is 2.54 bits per heavy atom. The molecule has 0 bridgehead atoms. The Morgan fingerprint density at radius 2 is 1.86 bits per heavy atom. The number of nitrogens with two attached hydrogens (primary N) is 2. The zero-order valence-electron chi connectivity index (χ0n) is 16.4. The molecule has 4 rings (SSSR count). The van der Waals surface area contributed by atoms with Crippen LogP contribution in [0.25, 0.3) is 10.9 Å². The summed E-state index contributed by atoms with van der Waals surface area (Å²) in [5, 5.41) is 0.958. The van der Waals surface area contributed by atoms with Crippen molar-refractivity contribution in [3.8, 4) is 5.75 Å². The smallest absolute Gasteiger partial charge is 0.248 e.